The van der Waals surface area contributed by atoms with Gasteiger partial charge in [0, 0.05) is 56.8 Å². The molecule has 9 rings (SSSR count). The number of aromatic nitrogens is 9. The third-order valence-corrected chi connectivity index (χ3v) is 14.6. The molecule has 2 aliphatic rings. The number of thiazole rings is 2. The Morgan fingerprint density at radius 3 is 2.08 bits per heavy atom. The number of nitrogens with one attached hydrogen (secondary N) is 3. The van der Waals surface area contributed by atoms with Gasteiger partial charge >= 0.3 is 0 Å². The summed E-state index contributed by atoms with van der Waals surface area (Å²) in [6.45, 7) is 14.3. The molecule has 7 N–H and O–H groups in total. The van der Waals surface area contributed by atoms with Crippen LogP contribution in [0.2, 0.25) is 0 Å². The van der Waals surface area contributed by atoms with Crippen LogP contribution in [0.1, 0.15) is 112 Å². The lowest BCUT2D eigenvalue weighted by Gasteiger charge is -2.32. The number of ether oxygens (including phenoxy) is 2. The lowest BCUT2D eigenvalue weighted by molar-refractivity contribution is 0.0991. The third-order valence-electron chi connectivity index (χ3n) is 12.7. The Bertz CT molecular complexity index is 3140. The fraction of sp³-hybridized carbons (Fsp3) is 0.429. The summed E-state index contributed by atoms with van der Waals surface area (Å²) in [5.41, 5.74) is 15.8. The molecule has 0 bridgehead atoms. The molecule has 0 saturated carbocycles. The smallest absolute Gasteiger partial charge is 0.269 e. The van der Waals surface area contributed by atoms with Crippen molar-refractivity contribution in [2.24, 2.45) is 11.5 Å². The van der Waals surface area contributed by atoms with Gasteiger partial charge in [0.15, 0.2) is 6.29 Å². The van der Waals surface area contributed by atoms with Crippen molar-refractivity contribution in [3.8, 4) is 11.5 Å². The zero-order valence-corrected chi connectivity index (χ0v) is 43.0. The fourth-order valence-corrected chi connectivity index (χ4v) is 10.9. The standard InChI is InChI=1S/C42H52N14O5S.C7H9NOS/c1-5-28-36(62-24(2)47-28)40(59)50-42-49-29-19-26(37(43)57)21-31(60-4)34(29)56(42)14-7-6-13-55-35-30(48-41(55)45-3)20-27(38(44)58)22-32(35)61-18-8-12-53-15-9-25(10-16-53)39-52-51-33-23-46-11-17-54(33)39;1-3-6-7(4-9)10-5(2)8-6/h6-7,19-22,25,46H,5,8-18,23H2,1-4H3,(H2,43,57)(H2,44,58)(H,45,48)(H,49,50,59);4H,3H2,1-2H3/b7-6+;. The van der Waals surface area contributed by atoms with Crippen molar-refractivity contribution in [2.45, 2.75) is 91.9 Å². The number of methoxy groups -OCH3 is 1. The molecule has 0 radical (unpaired) electrons. The maximum atomic E-state index is 13.6. The SMILES string of the molecule is CCc1nc(C)sc1C(=O)Nc1nc2cc(C(N)=O)cc(OC)c2n1C/C=C/Cn1c(NC)nc2cc(C(N)=O)cc(OCCCN3CCC(c4nnc5n4CCNC5)CC3)c21.CCc1nc(C)sc1C=O. The van der Waals surface area contributed by atoms with E-state index in [9.17, 15) is 19.2 Å². The second-order valence-corrected chi connectivity index (χ2v) is 19.8. The van der Waals surface area contributed by atoms with Crippen molar-refractivity contribution in [3.63, 3.8) is 0 Å². The number of fused-ring (bicyclic) bond motifs is 3. The number of nitrogens with two attached hydrogens (primary N) is 2. The Hall–Kier alpha value is -7.08. The van der Waals surface area contributed by atoms with Crippen LogP contribution >= 0.6 is 22.7 Å². The number of imidazole rings is 2. The molecule has 0 unspecified atom stereocenters. The molecule has 2 aliphatic heterocycles. The van der Waals surface area contributed by atoms with E-state index in [-0.39, 0.29) is 24.0 Å². The maximum Gasteiger partial charge on any atom is 0.269 e. The summed E-state index contributed by atoms with van der Waals surface area (Å²) in [7, 11) is 3.28. The van der Waals surface area contributed by atoms with Gasteiger partial charge in [-0.3, -0.25) is 24.5 Å². The molecule has 23 heteroatoms. The molecular weight excluding hydrogens is 959 g/mol. The normalized spacial score (nSPS) is 14.1. The monoisotopic (exact) mass is 1020 g/mol. The minimum Gasteiger partial charge on any atom is -0.494 e. The Balaban J connectivity index is 0.000000620. The van der Waals surface area contributed by atoms with Crippen LogP contribution in [0.5, 0.6) is 11.5 Å². The van der Waals surface area contributed by atoms with Crippen molar-refractivity contribution in [2.75, 3.05) is 57.6 Å². The van der Waals surface area contributed by atoms with Crippen molar-refractivity contribution < 1.29 is 28.7 Å². The highest BCUT2D eigenvalue weighted by molar-refractivity contribution is 7.14. The van der Waals surface area contributed by atoms with Crippen molar-refractivity contribution in [1.82, 2.24) is 54.1 Å². The van der Waals surface area contributed by atoms with Crippen LogP contribution in [0.15, 0.2) is 36.4 Å². The van der Waals surface area contributed by atoms with Crippen LogP contribution in [-0.2, 0) is 39.0 Å². The summed E-state index contributed by atoms with van der Waals surface area (Å²) in [5.74, 6) is 2.72. The first-order valence-corrected chi connectivity index (χ1v) is 25.7. The lowest BCUT2D eigenvalue weighted by Crippen LogP contribution is -2.36. The minimum absolute atomic E-state index is 0.225. The molecule has 1 saturated heterocycles. The number of anilines is 2. The van der Waals surface area contributed by atoms with E-state index in [1.165, 1.54) is 29.8 Å². The number of nitrogens with zero attached hydrogens (tertiary/aromatic N) is 10. The summed E-state index contributed by atoms with van der Waals surface area (Å²) in [5, 5.41) is 20.2. The first-order chi connectivity index (χ1) is 34.8. The number of aryl methyl sites for hydroxylation is 4. The Labute approximate surface area is 424 Å². The quantitative estimate of drug-likeness (QED) is 0.0373. The number of allylic oxidation sites excluding steroid dienone is 2. The van der Waals surface area contributed by atoms with Gasteiger partial charge in [-0.1, -0.05) is 26.0 Å². The molecule has 3 amide bonds. The molecule has 2 aromatic carbocycles. The third kappa shape index (κ3) is 11.2. The number of carbonyl (C=O) groups is 4. The lowest BCUT2D eigenvalue weighted by atomic mass is 9.95. The number of piperidine rings is 1. The predicted molar refractivity (Wildman–Crippen MR) is 278 cm³/mol. The van der Waals surface area contributed by atoms with E-state index in [0.29, 0.717) is 81.1 Å². The average molecular weight is 1020 g/mol. The molecule has 0 atom stereocenters. The number of aldehydes is 1. The summed E-state index contributed by atoms with van der Waals surface area (Å²) in [6.07, 6.45) is 9.09. The average Bonchev–Trinajstić information content (AvgIpc) is 4.22. The van der Waals surface area contributed by atoms with Crippen LogP contribution in [0.3, 0.4) is 0 Å². The van der Waals surface area contributed by atoms with Gasteiger partial charge in [-0.2, -0.15) is 0 Å². The minimum atomic E-state index is -0.631. The summed E-state index contributed by atoms with van der Waals surface area (Å²) >= 11 is 2.78. The van der Waals surface area contributed by atoms with Crippen LogP contribution in [0, 0.1) is 13.8 Å². The van der Waals surface area contributed by atoms with E-state index in [2.05, 4.69) is 45.6 Å². The van der Waals surface area contributed by atoms with Gasteiger partial charge in [-0.05, 0) is 83.3 Å². The van der Waals surface area contributed by atoms with E-state index in [0.717, 1.165) is 103 Å². The molecule has 5 aromatic heterocycles. The van der Waals surface area contributed by atoms with Crippen LogP contribution in [-0.4, -0.2) is 120 Å². The van der Waals surface area contributed by atoms with Gasteiger partial charge < -0.3 is 50.2 Å². The van der Waals surface area contributed by atoms with E-state index in [1.807, 2.05) is 49.0 Å². The Kier molecular flexibility index (Phi) is 16.4. The maximum absolute atomic E-state index is 13.6. The zero-order valence-electron chi connectivity index (χ0n) is 41.4. The number of benzene rings is 2. The van der Waals surface area contributed by atoms with Gasteiger partial charge in [-0.25, -0.2) is 19.9 Å². The van der Waals surface area contributed by atoms with Crippen LogP contribution in [0.4, 0.5) is 11.9 Å². The first-order valence-electron chi connectivity index (χ1n) is 24.1. The topological polar surface area (TPSA) is 270 Å². The van der Waals surface area contributed by atoms with Gasteiger partial charge in [0.1, 0.15) is 39.1 Å². The number of hydrogen-bond donors (Lipinski definition) is 5. The van der Waals surface area contributed by atoms with Crippen molar-refractivity contribution in [1.29, 1.82) is 0 Å². The highest BCUT2D eigenvalue weighted by atomic mass is 32.1. The van der Waals surface area contributed by atoms with Gasteiger partial charge in [0.2, 0.25) is 23.7 Å². The highest BCUT2D eigenvalue weighted by Gasteiger charge is 2.28. The van der Waals surface area contributed by atoms with Crippen molar-refractivity contribution in [3.05, 3.63) is 90.4 Å². The highest BCUT2D eigenvalue weighted by Crippen LogP contribution is 2.34. The van der Waals surface area contributed by atoms with Gasteiger partial charge in [0.25, 0.3) is 5.91 Å². The summed E-state index contributed by atoms with van der Waals surface area (Å²) < 4.78 is 18.2. The number of hydrogen-bond acceptors (Lipinski definition) is 17. The molecule has 72 heavy (non-hydrogen) atoms. The number of likely N-dealkylation sites (tertiary alicyclic amines) is 1. The Morgan fingerprint density at radius 2 is 1.46 bits per heavy atom. The number of amides is 3. The van der Waals surface area contributed by atoms with Crippen LogP contribution < -0.4 is 36.9 Å². The fourth-order valence-electron chi connectivity index (χ4n) is 9.19. The van der Waals surface area contributed by atoms with E-state index in [1.54, 1.807) is 31.3 Å². The molecule has 7 heterocycles. The largest absolute Gasteiger partial charge is 0.494 e. The number of primary amides is 2. The van der Waals surface area contributed by atoms with E-state index in [4.69, 9.17) is 30.9 Å². The number of rotatable bonds is 19. The summed E-state index contributed by atoms with van der Waals surface area (Å²) in [6, 6.07) is 6.49. The van der Waals surface area contributed by atoms with E-state index >= 15 is 0 Å². The Morgan fingerprint density at radius 1 is 0.833 bits per heavy atom. The molecule has 1 fully saturated rings. The van der Waals surface area contributed by atoms with E-state index < -0.39 is 11.8 Å². The van der Waals surface area contributed by atoms with Gasteiger partial charge in [-0.15, -0.1) is 32.9 Å². The predicted octanol–water partition coefficient (Wildman–Crippen LogP) is 5.64. The summed E-state index contributed by atoms with van der Waals surface area (Å²) in [4.78, 5) is 70.6. The first kappa shape index (κ1) is 51.3. The van der Waals surface area contributed by atoms with Gasteiger partial charge in [0.05, 0.1) is 57.6 Å². The molecule has 21 nitrogen and oxygen atoms in total. The molecule has 0 aliphatic carbocycles. The molecule has 7 aromatic rings. The second kappa shape index (κ2) is 23.0. The molecule has 380 valence electrons. The molecular formula is C49H61N15O6S2. The second-order valence-electron chi connectivity index (χ2n) is 17.4. The zero-order chi connectivity index (χ0) is 51.1. The van der Waals surface area contributed by atoms with Crippen molar-refractivity contribution >= 4 is 80.6 Å². The number of carbonyl (C=O) groups excluding carboxylic acids is 4. The molecule has 0 spiro atoms. The van der Waals surface area contributed by atoms with Crippen LogP contribution in [0.25, 0.3) is 22.1 Å².